The van der Waals surface area contributed by atoms with Crippen LogP contribution in [-0.2, 0) is 19.5 Å². The molecule has 0 aromatic carbocycles. The van der Waals surface area contributed by atoms with Gasteiger partial charge in [0.2, 0.25) is 0 Å². The van der Waals surface area contributed by atoms with Gasteiger partial charge in [-0.15, -0.1) is 0 Å². The van der Waals surface area contributed by atoms with Gasteiger partial charge in [0.05, 0.1) is 11.4 Å². The molecule has 0 saturated heterocycles. The summed E-state index contributed by atoms with van der Waals surface area (Å²) in [7, 11) is 2.11. The highest BCUT2D eigenvalue weighted by Gasteiger charge is 2.21. The minimum Gasteiger partial charge on any atom is -0.330 e. The van der Waals surface area contributed by atoms with Gasteiger partial charge < -0.3 is 5.73 Å². The zero-order valence-electron chi connectivity index (χ0n) is 7.30. The van der Waals surface area contributed by atoms with Crippen molar-refractivity contribution < 1.29 is 0 Å². The second-order valence-corrected chi connectivity index (χ2v) is 3.34. The van der Waals surface area contributed by atoms with Crippen LogP contribution < -0.4 is 5.73 Å². The summed E-state index contributed by atoms with van der Waals surface area (Å²) in [5.41, 5.74) is 9.26. The van der Waals surface area contributed by atoms with Crippen LogP contribution in [0.2, 0.25) is 0 Å². The molecular formula is C8H14N4. The van der Waals surface area contributed by atoms with Crippen molar-refractivity contribution in [3.8, 4) is 0 Å². The molecule has 0 amide bonds. The summed E-state index contributed by atoms with van der Waals surface area (Å²) in [5.74, 6) is 0. The van der Waals surface area contributed by atoms with Gasteiger partial charge >= 0.3 is 0 Å². The number of fused-ring (bicyclic) bond motifs is 1. The van der Waals surface area contributed by atoms with Crippen LogP contribution >= 0.6 is 0 Å². The fourth-order valence-electron chi connectivity index (χ4n) is 1.70. The first-order valence-electron chi connectivity index (χ1n) is 4.25. The number of rotatable bonds is 2. The maximum atomic E-state index is 5.48. The van der Waals surface area contributed by atoms with E-state index >= 15 is 0 Å². The maximum Gasteiger partial charge on any atom is 0.0683 e. The molecule has 1 aromatic heterocycles. The Hall–Kier alpha value is -0.870. The van der Waals surface area contributed by atoms with Crippen LogP contribution in [0.4, 0.5) is 0 Å². The van der Waals surface area contributed by atoms with Crippen LogP contribution in [0.5, 0.6) is 0 Å². The topological polar surface area (TPSA) is 57.9 Å². The van der Waals surface area contributed by atoms with Crippen LogP contribution in [0, 0.1) is 0 Å². The predicted molar refractivity (Wildman–Crippen MR) is 46.5 cm³/mol. The molecule has 2 rings (SSSR count). The second-order valence-electron chi connectivity index (χ2n) is 3.34. The zero-order valence-corrected chi connectivity index (χ0v) is 7.30. The molecule has 0 radical (unpaired) electrons. The minimum atomic E-state index is 0.682. The first-order chi connectivity index (χ1) is 5.81. The van der Waals surface area contributed by atoms with Gasteiger partial charge in [-0.3, -0.25) is 10.00 Å². The Kier molecular flexibility index (Phi) is 1.86. The Balaban J connectivity index is 2.24. The Bertz CT molecular complexity index is 279. The van der Waals surface area contributed by atoms with E-state index in [1.165, 1.54) is 11.3 Å². The van der Waals surface area contributed by atoms with E-state index in [0.29, 0.717) is 6.54 Å². The van der Waals surface area contributed by atoms with Gasteiger partial charge in [0.15, 0.2) is 0 Å². The SMILES string of the molecule is CN1Cc2[nH]nc(CCN)c2C1. The number of aromatic nitrogens is 2. The van der Waals surface area contributed by atoms with Crippen molar-refractivity contribution in [1.82, 2.24) is 15.1 Å². The van der Waals surface area contributed by atoms with Gasteiger partial charge in [-0.2, -0.15) is 5.10 Å². The van der Waals surface area contributed by atoms with Gasteiger partial charge in [0.25, 0.3) is 0 Å². The molecule has 0 atom stereocenters. The maximum absolute atomic E-state index is 5.48. The van der Waals surface area contributed by atoms with Crippen LogP contribution in [0.25, 0.3) is 0 Å². The summed E-state index contributed by atoms with van der Waals surface area (Å²) >= 11 is 0. The first kappa shape index (κ1) is 7.76. The number of hydrogen-bond donors (Lipinski definition) is 2. The average molecular weight is 166 g/mol. The highest BCUT2D eigenvalue weighted by Crippen LogP contribution is 2.21. The van der Waals surface area contributed by atoms with Crippen LogP contribution in [0.1, 0.15) is 17.0 Å². The molecule has 0 aliphatic carbocycles. The number of nitrogens with one attached hydrogen (secondary N) is 1. The number of aromatic amines is 1. The van der Waals surface area contributed by atoms with Gasteiger partial charge in [0, 0.05) is 25.1 Å². The fraction of sp³-hybridized carbons (Fsp3) is 0.625. The smallest absolute Gasteiger partial charge is 0.0683 e. The lowest BCUT2D eigenvalue weighted by molar-refractivity contribution is 0.347. The standard InChI is InChI=1S/C8H14N4/c1-12-4-6-7(2-3-9)10-11-8(6)5-12/h2-5,9H2,1H3,(H,10,11). The molecule has 0 fully saturated rings. The molecule has 2 heterocycles. The molecule has 0 saturated carbocycles. The van der Waals surface area contributed by atoms with E-state index in [0.717, 1.165) is 25.2 Å². The molecule has 0 spiro atoms. The van der Waals surface area contributed by atoms with Gasteiger partial charge in [-0.1, -0.05) is 0 Å². The van der Waals surface area contributed by atoms with Crippen molar-refractivity contribution in [2.24, 2.45) is 5.73 Å². The van der Waals surface area contributed by atoms with Crippen LogP contribution in [-0.4, -0.2) is 28.7 Å². The van der Waals surface area contributed by atoms with Crippen LogP contribution in [0.3, 0.4) is 0 Å². The predicted octanol–water partition coefficient (Wildman–Crippen LogP) is -0.144. The molecule has 1 aromatic rings. The fourth-order valence-corrected chi connectivity index (χ4v) is 1.70. The Morgan fingerprint density at radius 2 is 2.42 bits per heavy atom. The Morgan fingerprint density at radius 1 is 1.58 bits per heavy atom. The summed E-state index contributed by atoms with van der Waals surface area (Å²) in [5, 5.41) is 7.28. The summed E-state index contributed by atoms with van der Waals surface area (Å²) in [6, 6.07) is 0. The molecule has 12 heavy (non-hydrogen) atoms. The number of nitrogens with zero attached hydrogens (tertiary/aromatic N) is 2. The number of H-pyrrole nitrogens is 1. The number of hydrogen-bond acceptors (Lipinski definition) is 3. The van der Waals surface area contributed by atoms with E-state index in [1.54, 1.807) is 0 Å². The Labute approximate surface area is 71.7 Å². The summed E-state index contributed by atoms with van der Waals surface area (Å²) < 4.78 is 0. The Morgan fingerprint density at radius 3 is 3.17 bits per heavy atom. The second kappa shape index (κ2) is 2.88. The third-order valence-electron chi connectivity index (χ3n) is 2.28. The van der Waals surface area contributed by atoms with E-state index in [1.807, 2.05) is 0 Å². The molecule has 0 bridgehead atoms. The molecule has 3 N–H and O–H groups in total. The van der Waals surface area contributed by atoms with E-state index < -0.39 is 0 Å². The van der Waals surface area contributed by atoms with Crippen molar-refractivity contribution in [2.45, 2.75) is 19.5 Å². The van der Waals surface area contributed by atoms with Crippen molar-refractivity contribution in [3.63, 3.8) is 0 Å². The van der Waals surface area contributed by atoms with Gasteiger partial charge in [-0.25, -0.2) is 0 Å². The highest BCUT2D eigenvalue weighted by molar-refractivity contribution is 5.28. The lowest BCUT2D eigenvalue weighted by Gasteiger charge is -2.04. The molecule has 4 heteroatoms. The molecular weight excluding hydrogens is 152 g/mol. The van der Waals surface area contributed by atoms with Crippen molar-refractivity contribution >= 4 is 0 Å². The van der Waals surface area contributed by atoms with E-state index in [9.17, 15) is 0 Å². The van der Waals surface area contributed by atoms with Gasteiger partial charge in [-0.05, 0) is 13.6 Å². The monoisotopic (exact) mass is 166 g/mol. The molecule has 4 nitrogen and oxygen atoms in total. The lowest BCUT2D eigenvalue weighted by Crippen LogP contribution is -2.11. The van der Waals surface area contributed by atoms with Crippen LogP contribution in [0.15, 0.2) is 0 Å². The average Bonchev–Trinajstić information content (AvgIpc) is 2.52. The first-order valence-corrected chi connectivity index (χ1v) is 4.25. The van der Waals surface area contributed by atoms with Crippen molar-refractivity contribution in [1.29, 1.82) is 0 Å². The minimum absolute atomic E-state index is 0.682. The zero-order chi connectivity index (χ0) is 8.55. The largest absolute Gasteiger partial charge is 0.330 e. The van der Waals surface area contributed by atoms with E-state index in [4.69, 9.17) is 5.73 Å². The van der Waals surface area contributed by atoms with Crippen molar-refractivity contribution in [3.05, 3.63) is 17.0 Å². The third kappa shape index (κ3) is 1.13. The summed E-state index contributed by atoms with van der Waals surface area (Å²) in [4.78, 5) is 2.27. The quantitative estimate of drug-likeness (QED) is 0.642. The van der Waals surface area contributed by atoms with E-state index in [-0.39, 0.29) is 0 Å². The molecule has 1 aliphatic rings. The normalized spacial score (nSPS) is 16.8. The molecule has 66 valence electrons. The molecule has 1 aliphatic heterocycles. The summed E-state index contributed by atoms with van der Waals surface area (Å²) in [6.45, 7) is 2.69. The molecule has 0 unspecified atom stereocenters. The summed E-state index contributed by atoms with van der Waals surface area (Å²) in [6.07, 6.45) is 0.889. The lowest BCUT2D eigenvalue weighted by atomic mass is 10.2. The van der Waals surface area contributed by atoms with E-state index in [2.05, 4.69) is 22.1 Å². The van der Waals surface area contributed by atoms with Gasteiger partial charge in [0.1, 0.15) is 0 Å². The van der Waals surface area contributed by atoms with Crippen molar-refractivity contribution in [2.75, 3.05) is 13.6 Å². The highest BCUT2D eigenvalue weighted by atomic mass is 15.2. The third-order valence-corrected chi connectivity index (χ3v) is 2.28. The number of nitrogens with two attached hydrogens (primary N) is 1.